The van der Waals surface area contributed by atoms with E-state index in [4.69, 9.17) is 0 Å². The lowest BCUT2D eigenvalue weighted by Crippen LogP contribution is -2.26. The number of carbonyl (C=O) groups excluding carboxylic acids is 1. The van der Waals surface area contributed by atoms with E-state index in [1.807, 2.05) is 6.26 Å². The summed E-state index contributed by atoms with van der Waals surface area (Å²) in [6.45, 7) is 0.541. The Morgan fingerprint density at radius 3 is 3.05 bits per heavy atom. The summed E-state index contributed by atoms with van der Waals surface area (Å²) in [6.07, 6.45) is 3.58. The molecule has 0 saturated heterocycles. The number of tetrazole rings is 1. The summed E-state index contributed by atoms with van der Waals surface area (Å²) in [5, 5.41) is 15.5. The molecule has 2 aromatic heterocycles. The van der Waals surface area contributed by atoms with Gasteiger partial charge in [0.15, 0.2) is 0 Å². The standard InChI is InChI=1S/C11H14N6OS2/c1-17-11(14-15-16-17)20-7-6-12-9(18)8-4-3-5-13-10(8)19-2/h3-5H,6-7H2,1-2H3,(H,12,18). The second kappa shape index (κ2) is 7.25. The Balaban J connectivity index is 1.82. The van der Waals surface area contributed by atoms with Gasteiger partial charge in [-0.3, -0.25) is 4.79 Å². The van der Waals surface area contributed by atoms with Gasteiger partial charge in [0.1, 0.15) is 5.03 Å². The van der Waals surface area contributed by atoms with Gasteiger partial charge >= 0.3 is 0 Å². The summed E-state index contributed by atoms with van der Waals surface area (Å²) in [7, 11) is 1.78. The van der Waals surface area contributed by atoms with E-state index in [0.717, 1.165) is 10.2 Å². The zero-order valence-corrected chi connectivity index (χ0v) is 12.7. The minimum Gasteiger partial charge on any atom is -0.351 e. The first-order chi connectivity index (χ1) is 9.72. The molecule has 2 heterocycles. The molecule has 1 N–H and O–H groups in total. The molecule has 106 valence electrons. The summed E-state index contributed by atoms with van der Waals surface area (Å²) >= 11 is 2.95. The zero-order valence-electron chi connectivity index (χ0n) is 11.1. The van der Waals surface area contributed by atoms with Crippen LogP contribution >= 0.6 is 23.5 Å². The van der Waals surface area contributed by atoms with Crippen molar-refractivity contribution in [2.45, 2.75) is 10.2 Å². The van der Waals surface area contributed by atoms with Gasteiger partial charge in [-0.05, 0) is 28.8 Å². The van der Waals surface area contributed by atoms with E-state index in [2.05, 4.69) is 25.8 Å². The number of amides is 1. The highest BCUT2D eigenvalue weighted by atomic mass is 32.2. The fourth-order valence-corrected chi connectivity index (χ4v) is 2.72. The van der Waals surface area contributed by atoms with Crippen LogP contribution in [0.3, 0.4) is 0 Å². The Morgan fingerprint density at radius 2 is 2.35 bits per heavy atom. The van der Waals surface area contributed by atoms with Gasteiger partial charge in [0.05, 0.1) is 5.56 Å². The molecule has 0 aliphatic heterocycles. The molecule has 0 radical (unpaired) electrons. The summed E-state index contributed by atoms with van der Waals surface area (Å²) in [4.78, 5) is 16.2. The maximum atomic E-state index is 12.0. The molecule has 0 saturated carbocycles. The van der Waals surface area contributed by atoms with Crippen molar-refractivity contribution in [3.05, 3.63) is 23.9 Å². The highest BCUT2D eigenvalue weighted by Gasteiger charge is 2.11. The number of aryl methyl sites for hydroxylation is 1. The molecule has 0 aliphatic carbocycles. The van der Waals surface area contributed by atoms with Gasteiger partial charge in [-0.15, -0.1) is 16.9 Å². The van der Waals surface area contributed by atoms with Crippen LogP contribution in [0.25, 0.3) is 0 Å². The van der Waals surface area contributed by atoms with Crippen LogP contribution in [0.5, 0.6) is 0 Å². The predicted octanol–water partition coefficient (Wildman–Crippen LogP) is 0.849. The number of thioether (sulfide) groups is 2. The van der Waals surface area contributed by atoms with Gasteiger partial charge in [0.2, 0.25) is 5.16 Å². The van der Waals surface area contributed by atoms with Gasteiger partial charge in [0.25, 0.3) is 5.91 Å². The van der Waals surface area contributed by atoms with Gasteiger partial charge in [-0.1, -0.05) is 11.8 Å². The van der Waals surface area contributed by atoms with Crippen LogP contribution in [0.1, 0.15) is 10.4 Å². The lowest BCUT2D eigenvalue weighted by atomic mass is 10.3. The Morgan fingerprint density at radius 1 is 1.50 bits per heavy atom. The molecular weight excluding hydrogens is 296 g/mol. The summed E-state index contributed by atoms with van der Waals surface area (Å²) < 4.78 is 1.60. The zero-order chi connectivity index (χ0) is 14.4. The van der Waals surface area contributed by atoms with Crippen molar-refractivity contribution >= 4 is 29.4 Å². The van der Waals surface area contributed by atoms with Crippen LogP contribution in [0.2, 0.25) is 0 Å². The number of aromatic nitrogens is 5. The SMILES string of the molecule is CSc1ncccc1C(=O)NCCSc1nnnn1C. The van der Waals surface area contributed by atoms with E-state index < -0.39 is 0 Å². The molecule has 0 aliphatic rings. The third-order valence-corrected chi connectivity index (χ3v) is 4.13. The smallest absolute Gasteiger partial charge is 0.254 e. The second-order valence-electron chi connectivity index (χ2n) is 3.75. The quantitative estimate of drug-likeness (QED) is 0.625. The molecule has 7 nitrogen and oxygen atoms in total. The molecule has 0 unspecified atom stereocenters. The Hall–Kier alpha value is -1.61. The van der Waals surface area contributed by atoms with Crippen LogP contribution in [0.4, 0.5) is 0 Å². The largest absolute Gasteiger partial charge is 0.351 e. The molecule has 20 heavy (non-hydrogen) atoms. The Kier molecular flexibility index (Phi) is 5.36. The monoisotopic (exact) mass is 310 g/mol. The van der Waals surface area contributed by atoms with Crippen LogP contribution in [0.15, 0.2) is 28.5 Å². The van der Waals surface area contributed by atoms with Crippen molar-refractivity contribution < 1.29 is 4.79 Å². The van der Waals surface area contributed by atoms with E-state index >= 15 is 0 Å². The highest BCUT2D eigenvalue weighted by Crippen LogP contribution is 2.16. The maximum Gasteiger partial charge on any atom is 0.254 e. The van der Waals surface area contributed by atoms with Gasteiger partial charge in [-0.25, -0.2) is 9.67 Å². The molecule has 2 aromatic rings. The van der Waals surface area contributed by atoms with E-state index in [1.54, 1.807) is 30.1 Å². The third kappa shape index (κ3) is 3.70. The van der Waals surface area contributed by atoms with Crippen LogP contribution in [0, 0.1) is 0 Å². The number of nitrogens with zero attached hydrogens (tertiary/aromatic N) is 5. The van der Waals surface area contributed by atoms with E-state index in [1.165, 1.54) is 23.5 Å². The average molecular weight is 310 g/mol. The topological polar surface area (TPSA) is 85.6 Å². The molecule has 0 bridgehead atoms. The molecule has 1 amide bonds. The van der Waals surface area contributed by atoms with Gasteiger partial charge in [0, 0.05) is 25.5 Å². The lowest BCUT2D eigenvalue weighted by Gasteiger charge is -2.07. The molecule has 0 spiro atoms. The third-order valence-electron chi connectivity index (χ3n) is 2.41. The molecule has 0 fully saturated rings. The number of rotatable bonds is 6. The van der Waals surface area contributed by atoms with Crippen molar-refractivity contribution in [3.63, 3.8) is 0 Å². The first-order valence-electron chi connectivity index (χ1n) is 5.84. The van der Waals surface area contributed by atoms with E-state index in [0.29, 0.717) is 17.9 Å². The average Bonchev–Trinajstić information content (AvgIpc) is 2.88. The predicted molar refractivity (Wildman–Crippen MR) is 77.9 cm³/mol. The minimum absolute atomic E-state index is 0.112. The lowest BCUT2D eigenvalue weighted by molar-refractivity contribution is 0.0952. The number of carbonyl (C=O) groups is 1. The van der Waals surface area contributed by atoms with Crippen LogP contribution < -0.4 is 5.32 Å². The van der Waals surface area contributed by atoms with Gasteiger partial charge in [-0.2, -0.15) is 0 Å². The van der Waals surface area contributed by atoms with Crippen molar-refractivity contribution in [1.82, 2.24) is 30.5 Å². The maximum absolute atomic E-state index is 12.0. The highest BCUT2D eigenvalue weighted by molar-refractivity contribution is 7.99. The first kappa shape index (κ1) is 14.8. The number of hydrogen-bond acceptors (Lipinski definition) is 7. The number of hydrogen-bond donors (Lipinski definition) is 1. The summed E-state index contributed by atoms with van der Waals surface area (Å²) in [5.41, 5.74) is 0.602. The number of pyridine rings is 1. The summed E-state index contributed by atoms with van der Waals surface area (Å²) in [5.74, 6) is 0.591. The summed E-state index contributed by atoms with van der Waals surface area (Å²) in [6, 6.07) is 3.53. The van der Waals surface area contributed by atoms with Crippen molar-refractivity contribution in [1.29, 1.82) is 0 Å². The van der Waals surface area contributed by atoms with E-state index in [9.17, 15) is 4.79 Å². The van der Waals surface area contributed by atoms with E-state index in [-0.39, 0.29) is 5.91 Å². The Bertz CT molecular complexity index is 588. The molecule has 9 heteroatoms. The fraction of sp³-hybridized carbons (Fsp3) is 0.364. The van der Waals surface area contributed by atoms with Gasteiger partial charge < -0.3 is 5.32 Å². The molecule has 0 atom stereocenters. The van der Waals surface area contributed by atoms with Crippen molar-refractivity contribution in [2.24, 2.45) is 7.05 Å². The molecule has 0 aromatic carbocycles. The fourth-order valence-electron chi connectivity index (χ4n) is 1.47. The molecular formula is C11H14N6OS2. The first-order valence-corrected chi connectivity index (χ1v) is 8.05. The minimum atomic E-state index is -0.112. The second-order valence-corrected chi connectivity index (χ2v) is 5.61. The van der Waals surface area contributed by atoms with Crippen LogP contribution in [-0.4, -0.2) is 49.7 Å². The van der Waals surface area contributed by atoms with Crippen molar-refractivity contribution in [3.8, 4) is 0 Å². The van der Waals surface area contributed by atoms with Crippen molar-refractivity contribution in [2.75, 3.05) is 18.6 Å². The normalized spacial score (nSPS) is 10.5. The number of nitrogens with one attached hydrogen (secondary N) is 1. The van der Waals surface area contributed by atoms with Crippen LogP contribution in [-0.2, 0) is 7.05 Å². The Labute approximate surface area is 124 Å². The molecule has 2 rings (SSSR count).